The summed E-state index contributed by atoms with van der Waals surface area (Å²) in [5, 5.41) is 12.2. The Hall–Kier alpha value is -2.34. The van der Waals surface area contributed by atoms with Crippen LogP contribution in [-0.2, 0) is 16.0 Å². The zero-order valence-electron chi connectivity index (χ0n) is 10.9. The zero-order chi connectivity index (χ0) is 14.5. The van der Waals surface area contributed by atoms with Crippen LogP contribution >= 0.6 is 0 Å². The van der Waals surface area contributed by atoms with Crippen molar-refractivity contribution in [3.05, 3.63) is 36.0 Å². The number of H-pyrrole nitrogens is 1. The van der Waals surface area contributed by atoms with Crippen LogP contribution in [0.15, 0.2) is 30.5 Å². The molecule has 0 aliphatic carbocycles. The smallest absolute Gasteiger partial charge is 0.240 e. The summed E-state index contributed by atoms with van der Waals surface area (Å²) in [6, 6.07) is 6.91. The lowest BCUT2D eigenvalue weighted by Crippen LogP contribution is -2.46. The molecule has 0 aliphatic rings. The Morgan fingerprint density at radius 1 is 1.35 bits per heavy atom. The number of carbonyl (C=O) groups is 2. The van der Waals surface area contributed by atoms with Crippen LogP contribution in [0, 0.1) is 0 Å². The fraction of sp³-hybridized carbons (Fsp3) is 0.286. The van der Waals surface area contributed by atoms with Crippen molar-refractivity contribution in [2.24, 2.45) is 5.73 Å². The monoisotopic (exact) mass is 275 g/mol. The number of aromatic amines is 1. The van der Waals surface area contributed by atoms with Gasteiger partial charge in [0.15, 0.2) is 0 Å². The van der Waals surface area contributed by atoms with Gasteiger partial charge >= 0.3 is 0 Å². The van der Waals surface area contributed by atoms with Gasteiger partial charge in [0, 0.05) is 29.9 Å². The molecule has 0 bridgehead atoms. The fourth-order valence-corrected chi connectivity index (χ4v) is 2.11. The first-order chi connectivity index (χ1) is 9.61. The molecule has 2 aromatic rings. The Balaban J connectivity index is 2.15. The molecule has 0 radical (unpaired) electrons. The van der Waals surface area contributed by atoms with E-state index >= 15 is 0 Å². The first-order valence-electron chi connectivity index (χ1n) is 6.36. The largest absolute Gasteiger partial charge is 0.396 e. The van der Waals surface area contributed by atoms with Crippen LogP contribution in [0.5, 0.6) is 0 Å². The van der Waals surface area contributed by atoms with E-state index in [1.54, 1.807) is 6.20 Å². The first-order valence-corrected chi connectivity index (χ1v) is 6.36. The van der Waals surface area contributed by atoms with Gasteiger partial charge in [-0.3, -0.25) is 9.59 Å². The van der Waals surface area contributed by atoms with Crippen molar-refractivity contribution in [3.63, 3.8) is 0 Å². The molecule has 106 valence electrons. The van der Waals surface area contributed by atoms with Crippen molar-refractivity contribution < 1.29 is 14.7 Å². The second kappa shape index (κ2) is 6.21. The fourth-order valence-electron chi connectivity index (χ4n) is 2.11. The van der Waals surface area contributed by atoms with Gasteiger partial charge in [-0.25, -0.2) is 0 Å². The van der Waals surface area contributed by atoms with Gasteiger partial charge in [-0.1, -0.05) is 18.2 Å². The van der Waals surface area contributed by atoms with Crippen LogP contribution in [0.3, 0.4) is 0 Å². The number of aliphatic hydroxyl groups excluding tert-OH is 1. The molecule has 5 N–H and O–H groups in total. The maximum atomic E-state index is 11.5. The predicted molar refractivity (Wildman–Crippen MR) is 74.8 cm³/mol. The minimum Gasteiger partial charge on any atom is -0.396 e. The van der Waals surface area contributed by atoms with E-state index in [1.807, 2.05) is 24.3 Å². The van der Waals surface area contributed by atoms with E-state index in [2.05, 4.69) is 10.3 Å². The van der Waals surface area contributed by atoms with Crippen LogP contribution in [0.2, 0.25) is 0 Å². The number of hydrogen-bond acceptors (Lipinski definition) is 3. The van der Waals surface area contributed by atoms with Crippen molar-refractivity contribution in [2.75, 3.05) is 6.61 Å². The molecule has 1 atom stereocenters. The van der Waals surface area contributed by atoms with Crippen LogP contribution in [0.4, 0.5) is 0 Å². The summed E-state index contributed by atoms with van der Waals surface area (Å²) in [6.07, 6.45) is 2.08. The maximum absolute atomic E-state index is 11.5. The number of nitrogens with two attached hydrogens (primary N) is 1. The third-order valence-electron chi connectivity index (χ3n) is 3.12. The highest BCUT2D eigenvalue weighted by Gasteiger charge is 2.19. The van der Waals surface area contributed by atoms with Crippen LogP contribution < -0.4 is 11.1 Å². The van der Waals surface area contributed by atoms with E-state index in [0.29, 0.717) is 6.42 Å². The number of rotatable bonds is 6. The number of fused-ring (bicyclic) bond motifs is 1. The molecule has 20 heavy (non-hydrogen) atoms. The first kappa shape index (κ1) is 14.1. The number of para-hydroxylation sites is 1. The van der Waals surface area contributed by atoms with Crippen LogP contribution in [0.1, 0.15) is 12.0 Å². The molecular weight excluding hydrogens is 258 g/mol. The Labute approximate surface area is 116 Å². The molecule has 1 aromatic carbocycles. The topological polar surface area (TPSA) is 108 Å². The normalized spacial score (nSPS) is 12.2. The Morgan fingerprint density at radius 2 is 2.10 bits per heavy atom. The lowest BCUT2D eigenvalue weighted by Gasteiger charge is -2.14. The molecule has 0 spiro atoms. The average molecular weight is 275 g/mol. The quantitative estimate of drug-likeness (QED) is 0.598. The summed E-state index contributed by atoms with van der Waals surface area (Å²) in [5.41, 5.74) is 7.19. The third-order valence-corrected chi connectivity index (χ3v) is 3.12. The summed E-state index contributed by atoms with van der Waals surface area (Å²) in [6.45, 7) is -0.260. The molecule has 0 unspecified atom stereocenters. The molecule has 1 aromatic heterocycles. The summed E-state index contributed by atoms with van der Waals surface area (Å²) in [7, 11) is 0. The number of nitrogens with one attached hydrogen (secondary N) is 2. The van der Waals surface area contributed by atoms with Crippen molar-refractivity contribution in [1.29, 1.82) is 0 Å². The Bertz CT molecular complexity index is 621. The predicted octanol–water partition coefficient (Wildman–Crippen LogP) is 0.0629. The van der Waals surface area contributed by atoms with Gasteiger partial charge < -0.3 is 21.1 Å². The molecule has 2 rings (SSSR count). The van der Waals surface area contributed by atoms with Crippen molar-refractivity contribution in [3.8, 4) is 0 Å². The summed E-state index contributed by atoms with van der Waals surface area (Å²) in [5.74, 6) is -0.988. The van der Waals surface area contributed by atoms with E-state index in [4.69, 9.17) is 10.8 Å². The molecule has 2 amide bonds. The van der Waals surface area contributed by atoms with Gasteiger partial charge in [-0.15, -0.1) is 0 Å². The molecule has 0 saturated heterocycles. The second-order valence-corrected chi connectivity index (χ2v) is 4.56. The Morgan fingerprint density at radius 3 is 2.80 bits per heavy atom. The van der Waals surface area contributed by atoms with Gasteiger partial charge in [0.25, 0.3) is 0 Å². The number of hydrogen-bond donors (Lipinski definition) is 4. The maximum Gasteiger partial charge on any atom is 0.240 e. The van der Waals surface area contributed by atoms with Gasteiger partial charge in [-0.2, -0.15) is 0 Å². The lowest BCUT2D eigenvalue weighted by molar-refractivity contribution is -0.127. The van der Waals surface area contributed by atoms with Crippen molar-refractivity contribution in [2.45, 2.75) is 18.9 Å². The SMILES string of the molecule is NC(=O)[C@@H](Cc1c[nH]c2ccccc12)NC(=O)CCO. The minimum absolute atomic E-state index is 0.0440. The van der Waals surface area contributed by atoms with Crippen molar-refractivity contribution >= 4 is 22.7 Å². The molecule has 6 nitrogen and oxygen atoms in total. The van der Waals surface area contributed by atoms with E-state index < -0.39 is 17.9 Å². The van der Waals surface area contributed by atoms with Gasteiger partial charge in [0.05, 0.1) is 6.61 Å². The van der Waals surface area contributed by atoms with Crippen LogP contribution in [0.25, 0.3) is 10.9 Å². The summed E-state index contributed by atoms with van der Waals surface area (Å²) < 4.78 is 0. The molecule has 1 heterocycles. The number of aliphatic hydroxyl groups is 1. The molecular formula is C14H17N3O3. The molecule has 0 fully saturated rings. The number of aromatic nitrogens is 1. The number of primary amides is 1. The highest BCUT2D eigenvalue weighted by Crippen LogP contribution is 2.19. The van der Waals surface area contributed by atoms with E-state index in [9.17, 15) is 9.59 Å². The standard InChI is InChI=1S/C14H17N3O3/c15-14(20)12(17-13(19)5-6-18)7-9-8-16-11-4-2-1-3-10(9)11/h1-4,8,12,16,18H,5-7H2,(H2,15,20)(H,17,19)/t12-/m1/s1. The van der Waals surface area contributed by atoms with E-state index in [0.717, 1.165) is 16.5 Å². The number of carbonyl (C=O) groups excluding carboxylic acids is 2. The Kier molecular flexibility index (Phi) is 4.37. The second-order valence-electron chi connectivity index (χ2n) is 4.56. The van der Waals surface area contributed by atoms with Crippen LogP contribution in [-0.4, -0.2) is 34.6 Å². The highest BCUT2D eigenvalue weighted by atomic mass is 16.3. The van der Waals surface area contributed by atoms with E-state index in [-0.39, 0.29) is 13.0 Å². The van der Waals surface area contributed by atoms with Gasteiger partial charge in [-0.05, 0) is 11.6 Å². The molecule has 0 saturated carbocycles. The van der Waals surface area contributed by atoms with E-state index in [1.165, 1.54) is 0 Å². The minimum atomic E-state index is -0.784. The lowest BCUT2D eigenvalue weighted by atomic mass is 10.0. The zero-order valence-corrected chi connectivity index (χ0v) is 10.9. The average Bonchev–Trinajstić information content (AvgIpc) is 2.82. The molecule has 0 aliphatic heterocycles. The van der Waals surface area contributed by atoms with Crippen molar-refractivity contribution in [1.82, 2.24) is 10.3 Å². The summed E-state index contributed by atoms with van der Waals surface area (Å²) in [4.78, 5) is 26.0. The number of amides is 2. The van der Waals surface area contributed by atoms with Gasteiger partial charge in [0.2, 0.25) is 11.8 Å². The third kappa shape index (κ3) is 3.16. The number of benzene rings is 1. The van der Waals surface area contributed by atoms with Gasteiger partial charge in [0.1, 0.15) is 6.04 Å². The highest BCUT2D eigenvalue weighted by molar-refractivity contribution is 5.88. The molecule has 6 heteroatoms. The summed E-state index contributed by atoms with van der Waals surface area (Å²) >= 11 is 0.